The molecule has 0 saturated carbocycles. The van der Waals surface area contributed by atoms with E-state index in [1.165, 1.54) is 12.3 Å². The summed E-state index contributed by atoms with van der Waals surface area (Å²) in [5.41, 5.74) is 0. The summed E-state index contributed by atoms with van der Waals surface area (Å²) in [6.07, 6.45) is 3.41. The van der Waals surface area contributed by atoms with Crippen LogP contribution in [0.15, 0.2) is 12.3 Å². The van der Waals surface area contributed by atoms with Crippen LogP contribution in [0.4, 0.5) is 4.39 Å². The minimum Gasteiger partial charge on any atom is -0.486 e. The maximum atomic E-state index is 13.4. The smallest absolute Gasteiger partial charge is 0.257 e. The van der Waals surface area contributed by atoms with Gasteiger partial charge in [0.15, 0.2) is 5.75 Å². The van der Waals surface area contributed by atoms with Gasteiger partial charge >= 0.3 is 0 Å². The van der Waals surface area contributed by atoms with Gasteiger partial charge in [-0.05, 0) is 40.0 Å². The Hall–Kier alpha value is -1.40. The number of hydrogen-bond acceptors (Lipinski definition) is 5. The molecule has 0 radical (unpaired) electrons. The summed E-state index contributed by atoms with van der Waals surface area (Å²) in [4.78, 5) is 8.47. The zero-order valence-electron chi connectivity index (χ0n) is 12.6. The zero-order chi connectivity index (χ0) is 14.8. The molecule has 21 heavy (non-hydrogen) atoms. The highest BCUT2D eigenvalue weighted by Crippen LogP contribution is 2.27. The fourth-order valence-corrected chi connectivity index (χ4v) is 2.54. The molecule has 2 fully saturated rings. The lowest BCUT2D eigenvalue weighted by Crippen LogP contribution is -2.48. The average Bonchev–Trinajstić information content (AvgIpc) is 2.46. The van der Waals surface area contributed by atoms with Crippen molar-refractivity contribution >= 4 is 0 Å². The highest BCUT2D eigenvalue weighted by atomic mass is 19.1. The first-order chi connectivity index (χ1) is 10.1. The minimum atomic E-state index is -0.403. The van der Waals surface area contributed by atoms with Crippen LogP contribution in [0, 0.1) is 5.82 Å². The van der Waals surface area contributed by atoms with Crippen molar-refractivity contribution in [1.29, 1.82) is 0 Å². The lowest BCUT2D eigenvalue weighted by molar-refractivity contribution is 0.0644. The number of likely N-dealkylation sites (tertiary alicyclic amines) is 2. The van der Waals surface area contributed by atoms with Gasteiger partial charge in [0.25, 0.3) is 5.88 Å². The van der Waals surface area contributed by atoms with Crippen LogP contribution in [-0.2, 0) is 0 Å². The number of likely N-dealkylation sites (N-methyl/N-ethyl adjacent to an activating group) is 2. The Morgan fingerprint density at radius 2 is 1.76 bits per heavy atom. The van der Waals surface area contributed by atoms with Crippen LogP contribution in [0.2, 0.25) is 0 Å². The van der Waals surface area contributed by atoms with Crippen LogP contribution in [0.5, 0.6) is 11.6 Å². The molecule has 0 bridgehead atoms. The van der Waals surface area contributed by atoms with Crippen molar-refractivity contribution in [2.45, 2.75) is 24.9 Å². The molecule has 0 aliphatic carbocycles. The minimum absolute atomic E-state index is 0.388. The zero-order valence-corrected chi connectivity index (χ0v) is 12.6. The van der Waals surface area contributed by atoms with Gasteiger partial charge in [0, 0.05) is 18.2 Å². The fraction of sp³-hybridized carbons (Fsp3) is 0.667. The molecule has 2 atom stereocenters. The molecule has 5 nitrogen and oxygen atoms in total. The summed E-state index contributed by atoms with van der Waals surface area (Å²) in [5, 5.41) is 0. The molecule has 1 aromatic heterocycles. The van der Waals surface area contributed by atoms with Gasteiger partial charge in [-0.1, -0.05) is 0 Å². The third-order valence-corrected chi connectivity index (χ3v) is 4.51. The molecule has 3 heterocycles. The molecule has 0 spiro atoms. The SMILES string of the molecule is CN1CC[C@H]1COc1cc(F)cnc1OC[C@@H]1CCN1C. The van der Waals surface area contributed by atoms with Crippen LogP contribution < -0.4 is 9.47 Å². The maximum Gasteiger partial charge on any atom is 0.257 e. The molecule has 6 heteroatoms. The van der Waals surface area contributed by atoms with E-state index in [1.54, 1.807) is 0 Å². The van der Waals surface area contributed by atoms with Crippen LogP contribution in [0.3, 0.4) is 0 Å². The van der Waals surface area contributed by atoms with Gasteiger partial charge in [-0.3, -0.25) is 9.80 Å². The quantitative estimate of drug-likeness (QED) is 0.793. The molecule has 116 valence electrons. The van der Waals surface area contributed by atoms with E-state index in [4.69, 9.17) is 9.47 Å². The van der Waals surface area contributed by atoms with E-state index in [0.717, 1.165) is 25.9 Å². The number of pyridine rings is 1. The summed E-state index contributed by atoms with van der Waals surface area (Å²) in [7, 11) is 4.13. The van der Waals surface area contributed by atoms with Crippen molar-refractivity contribution in [1.82, 2.24) is 14.8 Å². The van der Waals surface area contributed by atoms with Gasteiger partial charge in [-0.15, -0.1) is 0 Å². The first kappa shape index (κ1) is 14.5. The summed E-state index contributed by atoms with van der Waals surface area (Å²) >= 11 is 0. The van der Waals surface area contributed by atoms with Crippen molar-refractivity contribution in [2.75, 3.05) is 40.4 Å². The Morgan fingerprint density at radius 3 is 2.29 bits per heavy atom. The molecule has 2 aliphatic rings. The van der Waals surface area contributed by atoms with E-state index < -0.39 is 5.82 Å². The lowest BCUT2D eigenvalue weighted by atomic mass is 10.1. The number of nitrogens with zero attached hydrogens (tertiary/aromatic N) is 3. The summed E-state index contributed by atoms with van der Waals surface area (Å²) in [6.45, 7) is 3.30. The molecule has 1 aromatic rings. The number of aromatic nitrogens is 1. The Bertz CT molecular complexity index is 500. The maximum absolute atomic E-state index is 13.4. The molecule has 0 aromatic carbocycles. The van der Waals surface area contributed by atoms with Gasteiger partial charge in [0.2, 0.25) is 0 Å². The van der Waals surface area contributed by atoms with Gasteiger partial charge in [-0.25, -0.2) is 9.37 Å². The van der Waals surface area contributed by atoms with Gasteiger partial charge in [0.05, 0.1) is 6.20 Å². The topological polar surface area (TPSA) is 37.8 Å². The molecule has 0 amide bonds. The lowest BCUT2D eigenvalue weighted by Gasteiger charge is -2.38. The normalized spacial score (nSPS) is 26.0. The van der Waals surface area contributed by atoms with Crippen molar-refractivity contribution < 1.29 is 13.9 Å². The monoisotopic (exact) mass is 295 g/mol. The highest BCUT2D eigenvalue weighted by Gasteiger charge is 2.27. The first-order valence-electron chi connectivity index (χ1n) is 7.45. The van der Waals surface area contributed by atoms with Crippen LogP contribution in [0.25, 0.3) is 0 Å². The summed E-state index contributed by atoms with van der Waals surface area (Å²) in [5.74, 6) is 0.385. The molecule has 3 rings (SSSR count). The summed E-state index contributed by atoms with van der Waals surface area (Å²) < 4.78 is 24.8. The van der Waals surface area contributed by atoms with E-state index in [2.05, 4.69) is 28.9 Å². The Morgan fingerprint density at radius 1 is 1.14 bits per heavy atom. The van der Waals surface area contributed by atoms with Crippen molar-refractivity contribution in [3.05, 3.63) is 18.1 Å². The Balaban J connectivity index is 1.59. The van der Waals surface area contributed by atoms with Crippen LogP contribution in [0.1, 0.15) is 12.8 Å². The molecular formula is C15H22FN3O2. The predicted octanol–water partition coefficient (Wildman–Crippen LogP) is 1.39. The molecular weight excluding hydrogens is 273 g/mol. The second-order valence-corrected chi connectivity index (χ2v) is 5.93. The second-order valence-electron chi connectivity index (χ2n) is 5.93. The number of rotatable bonds is 6. The second kappa shape index (κ2) is 6.15. The fourth-order valence-electron chi connectivity index (χ4n) is 2.54. The van der Waals surface area contributed by atoms with E-state index in [-0.39, 0.29) is 0 Å². The molecule has 2 saturated heterocycles. The summed E-state index contributed by atoms with van der Waals surface area (Å²) in [6, 6.07) is 2.17. The van der Waals surface area contributed by atoms with Crippen molar-refractivity contribution in [2.24, 2.45) is 0 Å². The third-order valence-electron chi connectivity index (χ3n) is 4.51. The van der Waals surface area contributed by atoms with Gasteiger partial charge < -0.3 is 9.47 Å². The highest BCUT2D eigenvalue weighted by molar-refractivity contribution is 5.33. The van der Waals surface area contributed by atoms with Crippen molar-refractivity contribution in [3.8, 4) is 11.6 Å². The Kier molecular flexibility index (Phi) is 4.26. The largest absolute Gasteiger partial charge is 0.486 e. The first-order valence-corrected chi connectivity index (χ1v) is 7.45. The molecule has 2 aliphatic heterocycles. The van der Waals surface area contributed by atoms with E-state index in [9.17, 15) is 4.39 Å². The van der Waals surface area contributed by atoms with Crippen LogP contribution >= 0.6 is 0 Å². The van der Waals surface area contributed by atoms with Crippen molar-refractivity contribution in [3.63, 3.8) is 0 Å². The van der Waals surface area contributed by atoms with Crippen LogP contribution in [-0.4, -0.2) is 67.3 Å². The number of hydrogen-bond donors (Lipinski definition) is 0. The number of halogens is 1. The molecule has 0 N–H and O–H groups in total. The third kappa shape index (κ3) is 3.27. The average molecular weight is 295 g/mol. The molecule has 0 unspecified atom stereocenters. The number of ether oxygens (including phenoxy) is 2. The Labute approximate surface area is 124 Å². The standard InChI is InChI=1S/C15H22FN3O2/c1-18-5-3-12(18)9-20-14-7-11(16)8-17-15(14)21-10-13-4-6-19(13)2/h7-8,12-13H,3-6,9-10H2,1-2H3/t12-,13-/m0/s1. The predicted molar refractivity (Wildman–Crippen MR) is 77.3 cm³/mol. The van der Waals surface area contributed by atoms with E-state index >= 15 is 0 Å². The van der Waals surface area contributed by atoms with E-state index in [1.807, 2.05) is 0 Å². The van der Waals surface area contributed by atoms with Gasteiger partial charge in [0.1, 0.15) is 19.0 Å². The van der Waals surface area contributed by atoms with Gasteiger partial charge in [-0.2, -0.15) is 0 Å². The van der Waals surface area contributed by atoms with E-state index in [0.29, 0.717) is 36.9 Å².